The molecule has 0 unspecified atom stereocenters. The van der Waals surface area contributed by atoms with Crippen LogP contribution in [0.4, 0.5) is 5.69 Å². The summed E-state index contributed by atoms with van der Waals surface area (Å²) in [5, 5.41) is 4.57. The molecule has 1 saturated heterocycles. The van der Waals surface area contributed by atoms with Crippen molar-refractivity contribution in [3.8, 4) is 0 Å². The van der Waals surface area contributed by atoms with Crippen molar-refractivity contribution in [3.05, 3.63) is 41.1 Å². The zero-order chi connectivity index (χ0) is 13.5. The first-order valence-corrected chi connectivity index (χ1v) is 7.44. The largest absolute Gasteiger partial charge is 0.342 e. The summed E-state index contributed by atoms with van der Waals surface area (Å²) in [6.07, 6.45) is 6.11. The normalized spacial score (nSPS) is 25.7. The van der Waals surface area contributed by atoms with Gasteiger partial charge in [0.05, 0.1) is 0 Å². The Morgan fingerprint density at radius 1 is 1.26 bits per heavy atom. The summed E-state index contributed by atoms with van der Waals surface area (Å²) in [6.45, 7) is 5.56. The average Bonchev–Trinajstić information content (AvgIpc) is 2.37. The van der Waals surface area contributed by atoms with E-state index in [2.05, 4.69) is 42.3 Å². The lowest BCUT2D eigenvalue weighted by molar-refractivity contribution is 0.300. The summed E-state index contributed by atoms with van der Waals surface area (Å²) in [7, 11) is 0. The molecule has 0 spiro atoms. The molecule has 1 atom stereocenters. The maximum absolute atomic E-state index is 6.00. The molecule has 0 aromatic heterocycles. The summed E-state index contributed by atoms with van der Waals surface area (Å²) >= 11 is 6.00. The molecule has 2 aliphatic rings. The number of nitrogens with zero attached hydrogens (tertiary/aromatic N) is 1. The van der Waals surface area contributed by atoms with Gasteiger partial charge < -0.3 is 10.2 Å². The third kappa shape index (κ3) is 2.65. The number of nitrogens with one attached hydrogen (secondary N) is 1. The first-order chi connectivity index (χ1) is 9.05. The zero-order valence-corrected chi connectivity index (χ0v) is 12.4. The van der Waals surface area contributed by atoms with Crippen LogP contribution in [0.2, 0.25) is 5.02 Å². The van der Waals surface area contributed by atoms with Crippen LogP contribution >= 0.6 is 11.6 Å². The van der Waals surface area contributed by atoms with E-state index >= 15 is 0 Å². The SMILES string of the molecule is CC1(C)CN(c2ccc(Cl)cc2)C2=CCCC[C@@H]2N1. The number of hydrogen-bond donors (Lipinski definition) is 1. The molecule has 102 valence electrons. The summed E-state index contributed by atoms with van der Waals surface area (Å²) in [4.78, 5) is 2.46. The standard InChI is InChI=1S/C16H21ClN2/c1-16(2)11-19(13-9-7-12(17)8-10-13)15-6-4-3-5-14(15)18-16/h6-10,14,18H,3-5,11H2,1-2H3/t14-/m0/s1. The minimum Gasteiger partial charge on any atom is -0.342 e. The average molecular weight is 277 g/mol. The fourth-order valence-corrected chi connectivity index (χ4v) is 3.30. The van der Waals surface area contributed by atoms with Crippen molar-refractivity contribution in [2.45, 2.75) is 44.7 Å². The lowest BCUT2D eigenvalue weighted by atomic mass is 9.89. The number of hydrogen-bond acceptors (Lipinski definition) is 2. The molecule has 0 bridgehead atoms. The predicted molar refractivity (Wildman–Crippen MR) is 81.7 cm³/mol. The van der Waals surface area contributed by atoms with E-state index in [4.69, 9.17) is 11.6 Å². The van der Waals surface area contributed by atoms with Crippen molar-refractivity contribution in [2.24, 2.45) is 0 Å². The maximum atomic E-state index is 6.00. The molecule has 1 aliphatic heterocycles. The van der Waals surface area contributed by atoms with E-state index in [-0.39, 0.29) is 5.54 Å². The number of rotatable bonds is 1. The Bertz CT molecular complexity index is 490. The van der Waals surface area contributed by atoms with Crippen LogP contribution in [0.5, 0.6) is 0 Å². The third-order valence-electron chi connectivity index (χ3n) is 3.98. The van der Waals surface area contributed by atoms with Crippen molar-refractivity contribution < 1.29 is 0 Å². The number of piperazine rings is 1. The Labute approximate surface area is 120 Å². The Hall–Kier alpha value is -0.990. The van der Waals surface area contributed by atoms with Gasteiger partial charge in [0, 0.05) is 34.5 Å². The van der Waals surface area contributed by atoms with E-state index in [0.717, 1.165) is 11.6 Å². The molecule has 1 fully saturated rings. The molecule has 1 aromatic rings. The van der Waals surface area contributed by atoms with E-state index in [9.17, 15) is 0 Å². The molecule has 1 heterocycles. The third-order valence-corrected chi connectivity index (χ3v) is 4.23. The van der Waals surface area contributed by atoms with E-state index in [1.54, 1.807) is 0 Å². The number of allylic oxidation sites excluding steroid dienone is 1. The number of fused-ring (bicyclic) bond motifs is 1. The molecule has 1 aromatic carbocycles. The highest BCUT2D eigenvalue weighted by molar-refractivity contribution is 6.30. The second-order valence-corrected chi connectivity index (χ2v) is 6.64. The van der Waals surface area contributed by atoms with Crippen LogP contribution in [0.25, 0.3) is 0 Å². The Kier molecular flexibility index (Phi) is 3.32. The van der Waals surface area contributed by atoms with Crippen LogP contribution in [0.3, 0.4) is 0 Å². The molecule has 1 aliphatic carbocycles. The maximum Gasteiger partial charge on any atom is 0.0476 e. The minimum atomic E-state index is 0.138. The lowest BCUT2D eigenvalue weighted by Gasteiger charge is -2.48. The van der Waals surface area contributed by atoms with Crippen molar-refractivity contribution in [1.29, 1.82) is 0 Å². The van der Waals surface area contributed by atoms with Crippen molar-refractivity contribution in [2.75, 3.05) is 11.4 Å². The van der Waals surface area contributed by atoms with Gasteiger partial charge in [0.2, 0.25) is 0 Å². The first-order valence-electron chi connectivity index (χ1n) is 7.06. The van der Waals surface area contributed by atoms with E-state index < -0.39 is 0 Å². The van der Waals surface area contributed by atoms with Gasteiger partial charge in [0.25, 0.3) is 0 Å². The second kappa shape index (κ2) is 4.84. The van der Waals surface area contributed by atoms with Gasteiger partial charge in [-0.3, -0.25) is 0 Å². The summed E-state index contributed by atoms with van der Waals surface area (Å²) in [6, 6.07) is 8.69. The molecule has 0 saturated carbocycles. The van der Waals surface area contributed by atoms with Crippen LogP contribution < -0.4 is 10.2 Å². The first kappa shape index (κ1) is 13.0. The summed E-state index contributed by atoms with van der Waals surface area (Å²) in [5.74, 6) is 0. The van der Waals surface area contributed by atoms with Crippen LogP contribution in [-0.2, 0) is 0 Å². The molecule has 19 heavy (non-hydrogen) atoms. The molecule has 1 N–H and O–H groups in total. The monoisotopic (exact) mass is 276 g/mol. The second-order valence-electron chi connectivity index (χ2n) is 6.20. The van der Waals surface area contributed by atoms with Crippen molar-refractivity contribution >= 4 is 17.3 Å². The van der Waals surface area contributed by atoms with E-state index in [0.29, 0.717) is 6.04 Å². The van der Waals surface area contributed by atoms with Crippen LogP contribution in [0.15, 0.2) is 36.0 Å². The van der Waals surface area contributed by atoms with Crippen LogP contribution in [0, 0.1) is 0 Å². The van der Waals surface area contributed by atoms with Gasteiger partial charge in [-0.15, -0.1) is 0 Å². The highest BCUT2D eigenvalue weighted by Crippen LogP contribution is 2.33. The molecule has 2 nitrogen and oxygen atoms in total. The molecular formula is C16H21ClN2. The summed E-state index contributed by atoms with van der Waals surface area (Å²) < 4.78 is 0. The topological polar surface area (TPSA) is 15.3 Å². The van der Waals surface area contributed by atoms with Gasteiger partial charge in [0.15, 0.2) is 0 Å². The number of anilines is 1. The molecule has 3 rings (SSSR count). The van der Waals surface area contributed by atoms with Crippen molar-refractivity contribution in [1.82, 2.24) is 5.32 Å². The smallest absolute Gasteiger partial charge is 0.0476 e. The predicted octanol–water partition coefficient (Wildman–Crippen LogP) is 3.96. The fourth-order valence-electron chi connectivity index (χ4n) is 3.17. The Morgan fingerprint density at radius 3 is 2.74 bits per heavy atom. The van der Waals surface area contributed by atoms with Gasteiger partial charge in [-0.2, -0.15) is 0 Å². The van der Waals surface area contributed by atoms with Gasteiger partial charge >= 0.3 is 0 Å². The van der Waals surface area contributed by atoms with Crippen molar-refractivity contribution in [3.63, 3.8) is 0 Å². The van der Waals surface area contributed by atoms with Gasteiger partial charge in [-0.25, -0.2) is 0 Å². The molecule has 0 amide bonds. The van der Waals surface area contributed by atoms with Crippen LogP contribution in [0.1, 0.15) is 33.1 Å². The summed E-state index contributed by atoms with van der Waals surface area (Å²) in [5.41, 5.74) is 2.82. The quantitative estimate of drug-likeness (QED) is 0.835. The van der Waals surface area contributed by atoms with E-state index in [1.165, 1.54) is 30.6 Å². The highest BCUT2D eigenvalue weighted by atomic mass is 35.5. The van der Waals surface area contributed by atoms with Gasteiger partial charge in [-0.1, -0.05) is 17.7 Å². The van der Waals surface area contributed by atoms with Gasteiger partial charge in [0.1, 0.15) is 0 Å². The molecule has 0 radical (unpaired) electrons. The Morgan fingerprint density at radius 2 is 2.00 bits per heavy atom. The van der Waals surface area contributed by atoms with E-state index in [1.807, 2.05) is 12.1 Å². The Balaban J connectivity index is 1.96. The van der Waals surface area contributed by atoms with Crippen LogP contribution in [-0.4, -0.2) is 18.1 Å². The number of benzene rings is 1. The molecular weight excluding hydrogens is 256 g/mol. The molecule has 3 heteroatoms. The van der Waals surface area contributed by atoms with Gasteiger partial charge in [-0.05, 0) is 57.4 Å². The zero-order valence-electron chi connectivity index (χ0n) is 11.6. The fraction of sp³-hybridized carbons (Fsp3) is 0.500. The number of halogens is 1. The minimum absolute atomic E-state index is 0.138. The highest BCUT2D eigenvalue weighted by Gasteiger charge is 2.36. The lowest BCUT2D eigenvalue weighted by Crippen LogP contribution is -2.61.